The van der Waals surface area contributed by atoms with Crippen LogP contribution >= 0.6 is 0 Å². The highest BCUT2D eigenvalue weighted by molar-refractivity contribution is 5.89. The molecule has 0 aliphatic heterocycles. The molecule has 3 rings (SSSR count). The van der Waals surface area contributed by atoms with E-state index in [-0.39, 0.29) is 12.2 Å². The van der Waals surface area contributed by atoms with Crippen LogP contribution in [0.5, 0.6) is 0 Å². The smallest absolute Gasteiger partial charge is 0.319 e. The molecule has 2 aromatic heterocycles. The van der Waals surface area contributed by atoms with Gasteiger partial charge in [0.25, 0.3) is 0 Å². The van der Waals surface area contributed by atoms with Gasteiger partial charge in [0, 0.05) is 36.6 Å². The number of nitrogens with one attached hydrogen (secondary N) is 3. The Morgan fingerprint density at radius 1 is 1.00 bits per heavy atom. The topological polar surface area (TPSA) is 96.8 Å². The molecule has 0 radical (unpaired) electrons. The molecular formula is C19H21F2N7O. The van der Waals surface area contributed by atoms with E-state index in [9.17, 15) is 13.6 Å². The fraction of sp³-hybridized carbons (Fsp3) is 0.263. The van der Waals surface area contributed by atoms with Crippen molar-refractivity contribution in [1.82, 2.24) is 25.1 Å². The third-order valence-corrected chi connectivity index (χ3v) is 3.89. The lowest BCUT2D eigenvalue weighted by Crippen LogP contribution is -2.32. The third-order valence-electron chi connectivity index (χ3n) is 3.89. The molecule has 8 nitrogen and oxygen atoms in total. The van der Waals surface area contributed by atoms with Crippen LogP contribution in [0.2, 0.25) is 0 Å². The molecule has 0 aliphatic carbocycles. The highest BCUT2D eigenvalue weighted by atomic mass is 19.1. The number of carbonyl (C=O) groups is 1. The van der Waals surface area contributed by atoms with Crippen molar-refractivity contribution in [3.05, 3.63) is 59.2 Å². The normalized spacial score (nSPS) is 10.7. The van der Waals surface area contributed by atoms with Crippen molar-refractivity contribution in [2.24, 2.45) is 0 Å². The molecular weight excluding hydrogens is 380 g/mol. The predicted molar refractivity (Wildman–Crippen MR) is 105 cm³/mol. The van der Waals surface area contributed by atoms with Gasteiger partial charge in [-0.05, 0) is 39.0 Å². The summed E-state index contributed by atoms with van der Waals surface area (Å²) in [6, 6.07) is 5.95. The SMILES string of the molecule is Cc1cc(C)n(-c2cc(NCCNC(=O)Nc3cc(F)cc(F)c3)nc(C)n2)n1. The first-order valence-corrected chi connectivity index (χ1v) is 8.94. The van der Waals surface area contributed by atoms with Crippen LogP contribution in [0.4, 0.5) is 25.1 Å². The first-order valence-electron chi connectivity index (χ1n) is 8.94. The van der Waals surface area contributed by atoms with E-state index in [1.54, 1.807) is 17.7 Å². The summed E-state index contributed by atoms with van der Waals surface area (Å²) in [6.45, 7) is 6.28. The predicted octanol–water partition coefficient (Wildman–Crippen LogP) is 3.10. The molecule has 152 valence electrons. The van der Waals surface area contributed by atoms with E-state index < -0.39 is 17.7 Å². The number of carbonyl (C=O) groups excluding carboxylic acids is 1. The number of aryl methyl sites for hydroxylation is 3. The van der Waals surface area contributed by atoms with Crippen LogP contribution in [0.3, 0.4) is 0 Å². The van der Waals surface area contributed by atoms with Crippen LogP contribution in [0.25, 0.3) is 5.82 Å². The van der Waals surface area contributed by atoms with Crippen LogP contribution in [0.1, 0.15) is 17.2 Å². The lowest BCUT2D eigenvalue weighted by Gasteiger charge is -2.11. The summed E-state index contributed by atoms with van der Waals surface area (Å²) in [6.07, 6.45) is 0. The molecule has 3 aromatic rings. The zero-order valence-corrected chi connectivity index (χ0v) is 16.3. The average Bonchev–Trinajstić information content (AvgIpc) is 2.96. The number of halogens is 2. The van der Waals surface area contributed by atoms with E-state index in [4.69, 9.17) is 0 Å². The Bertz CT molecular complexity index is 1020. The van der Waals surface area contributed by atoms with Crippen LogP contribution in [-0.2, 0) is 0 Å². The molecule has 0 spiro atoms. The van der Waals surface area contributed by atoms with Gasteiger partial charge < -0.3 is 16.0 Å². The molecule has 0 unspecified atom stereocenters. The Morgan fingerprint density at radius 3 is 2.38 bits per heavy atom. The maximum absolute atomic E-state index is 13.1. The number of anilines is 2. The van der Waals surface area contributed by atoms with E-state index in [2.05, 4.69) is 31.0 Å². The van der Waals surface area contributed by atoms with Gasteiger partial charge in [-0.1, -0.05) is 0 Å². The van der Waals surface area contributed by atoms with Crippen LogP contribution in [0.15, 0.2) is 30.3 Å². The lowest BCUT2D eigenvalue weighted by molar-refractivity contribution is 0.252. The van der Waals surface area contributed by atoms with Crippen molar-refractivity contribution in [2.45, 2.75) is 20.8 Å². The van der Waals surface area contributed by atoms with Crippen molar-refractivity contribution >= 4 is 17.5 Å². The molecule has 0 fully saturated rings. The highest BCUT2D eigenvalue weighted by Crippen LogP contribution is 2.14. The number of rotatable bonds is 6. The fourth-order valence-electron chi connectivity index (χ4n) is 2.78. The van der Waals surface area contributed by atoms with Gasteiger partial charge in [0.05, 0.1) is 5.69 Å². The standard InChI is InChI=1S/C19H21F2N7O/c1-11-6-12(2)28(27-11)18-10-17(24-13(3)25-18)22-4-5-23-19(29)26-16-8-14(20)7-15(21)9-16/h6-10H,4-5H2,1-3H3,(H,22,24,25)(H2,23,26,29). The minimum atomic E-state index is -0.764. The van der Waals surface area contributed by atoms with Crippen LogP contribution in [-0.4, -0.2) is 38.9 Å². The van der Waals surface area contributed by atoms with E-state index in [0.29, 0.717) is 24.0 Å². The number of hydrogen-bond donors (Lipinski definition) is 3. The maximum atomic E-state index is 13.1. The highest BCUT2D eigenvalue weighted by Gasteiger charge is 2.09. The number of hydrogen-bond acceptors (Lipinski definition) is 5. The fourth-order valence-corrected chi connectivity index (χ4v) is 2.78. The summed E-state index contributed by atoms with van der Waals surface area (Å²) in [7, 11) is 0. The van der Waals surface area contributed by atoms with Crippen molar-refractivity contribution in [1.29, 1.82) is 0 Å². The summed E-state index contributed by atoms with van der Waals surface area (Å²) in [5, 5.41) is 12.5. The molecule has 1 aromatic carbocycles. The monoisotopic (exact) mass is 401 g/mol. The molecule has 0 bridgehead atoms. The second kappa shape index (κ2) is 8.63. The largest absolute Gasteiger partial charge is 0.368 e. The summed E-state index contributed by atoms with van der Waals surface area (Å²) >= 11 is 0. The Morgan fingerprint density at radius 2 is 1.72 bits per heavy atom. The van der Waals surface area contributed by atoms with Gasteiger partial charge >= 0.3 is 6.03 Å². The van der Waals surface area contributed by atoms with Gasteiger partial charge in [-0.2, -0.15) is 5.10 Å². The van der Waals surface area contributed by atoms with Gasteiger partial charge in [-0.15, -0.1) is 0 Å². The molecule has 2 heterocycles. The average molecular weight is 401 g/mol. The lowest BCUT2D eigenvalue weighted by atomic mass is 10.3. The van der Waals surface area contributed by atoms with Crippen LogP contribution in [0, 0.1) is 32.4 Å². The molecule has 10 heteroatoms. The molecule has 29 heavy (non-hydrogen) atoms. The van der Waals surface area contributed by atoms with Gasteiger partial charge in [0.2, 0.25) is 0 Å². The Hall–Kier alpha value is -3.56. The number of aromatic nitrogens is 4. The molecule has 0 atom stereocenters. The van der Waals surface area contributed by atoms with E-state index in [0.717, 1.165) is 29.6 Å². The van der Waals surface area contributed by atoms with Gasteiger partial charge in [0.15, 0.2) is 5.82 Å². The molecule has 3 N–H and O–H groups in total. The van der Waals surface area contributed by atoms with Gasteiger partial charge in [0.1, 0.15) is 23.3 Å². The Balaban J connectivity index is 1.54. The summed E-state index contributed by atoms with van der Waals surface area (Å²) in [5.74, 6) is 0.286. The molecule has 0 saturated carbocycles. The minimum absolute atomic E-state index is 0.0360. The second-order valence-electron chi connectivity index (χ2n) is 6.46. The summed E-state index contributed by atoms with van der Waals surface area (Å²) in [5.41, 5.74) is 1.88. The number of amides is 2. The van der Waals surface area contributed by atoms with Crippen LogP contribution < -0.4 is 16.0 Å². The first kappa shape index (κ1) is 20.2. The van der Waals surface area contributed by atoms with E-state index >= 15 is 0 Å². The van der Waals surface area contributed by atoms with Crippen molar-refractivity contribution < 1.29 is 13.6 Å². The van der Waals surface area contributed by atoms with E-state index in [1.165, 1.54) is 0 Å². The molecule has 0 aliphatic rings. The molecule has 2 amide bonds. The Kier molecular flexibility index (Phi) is 6.01. The number of nitrogens with zero attached hydrogens (tertiary/aromatic N) is 4. The van der Waals surface area contributed by atoms with Crippen molar-refractivity contribution in [3.63, 3.8) is 0 Å². The van der Waals surface area contributed by atoms with Crippen molar-refractivity contribution in [2.75, 3.05) is 23.7 Å². The summed E-state index contributed by atoms with van der Waals surface area (Å²) < 4.78 is 28.0. The van der Waals surface area contributed by atoms with Crippen molar-refractivity contribution in [3.8, 4) is 5.82 Å². The maximum Gasteiger partial charge on any atom is 0.319 e. The second-order valence-corrected chi connectivity index (χ2v) is 6.46. The third kappa shape index (κ3) is 5.47. The first-order chi connectivity index (χ1) is 13.8. The summed E-state index contributed by atoms with van der Waals surface area (Å²) in [4.78, 5) is 20.6. The molecule has 0 saturated heterocycles. The number of urea groups is 1. The van der Waals surface area contributed by atoms with E-state index in [1.807, 2.05) is 19.9 Å². The quantitative estimate of drug-likeness (QED) is 0.552. The van der Waals surface area contributed by atoms with Gasteiger partial charge in [-0.3, -0.25) is 0 Å². The minimum Gasteiger partial charge on any atom is -0.368 e. The van der Waals surface area contributed by atoms with Gasteiger partial charge in [-0.25, -0.2) is 28.2 Å². The zero-order chi connectivity index (χ0) is 21.0. The Labute approximate surface area is 166 Å². The number of benzene rings is 1. The zero-order valence-electron chi connectivity index (χ0n) is 16.3.